The van der Waals surface area contributed by atoms with Gasteiger partial charge in [-0.3, -0.25) is 9.69 Å². The number of nitrogens with one attached hydrogen (secondary N) is 3. The Morgan fingerprint density at radius 3 is 2.73 bits per heavy atom. The summed E-state index contributed by atoms with van der Waals surface area (Å²) in [7, 11) is 0. The van der Waals surface area contributed by atoms with Crippen molar-refractivity contribution < 1.29 is 18.0 Å². The van der Waals surface area contributed by atoms with Crippen molar-refractivity contribution >= 4 is 17.2 Å². The highest BCUT2D eigenvalue weighted by Gasteiger charge is 2.33. The van der Waals surface area contributed by atoms with E-state index in [0.29, 0.717) is 23.4 Å². The van der Waals surface area contributed by atoms with Gasteiger partial charge < -0.3 is 16.0 Å². The fraction of sp³-hybridized carbons (Fsp3) is 0.300. The number of hydrogen-bond donors (Lipinski definition) is 3. The van der Waals surface area contributed by atoms with Crippen LogP contribution in [-0.2, 0) is 12.7 Å². The second kappa shape index (κ2) is 12.5. The Labute approximate surface area is 236 Å². The minimum atomic E-state index is -4.56. The van der Waals surface area contributed by atoms with E-state index in [1.807, 2.05) is 13.0 Å². The van der Waals surface area contributed by atoms with E-state index in [-0.39, 0.29) is 23.4 Å². The van der Waals surface area contributed by atoms with Gasteiger partial charge in [0, 0.05) is 68.8 Å². The number of rotatable bonds is 7. The second-order valence-corrected chi connectivity index (χ2v) is 9.81. The Balaban J connectivity index is 1.27. The van der Waals surface area contributed by atoms with Crippen LogP contribution in [0.2, 0.25) is 0 Å². The molecule has 2 aromatic heterocycles. The van der Waals surface area contributed by atoms with Crippen molar-refractivity contribution in [3.05, 3.63) is 94.4 Å². The maximum absolute atomic E-state index is 13.9. The average molecular weight is 562 g/mol. The average Bonchev–Trinajstić information content (AvgIpc) is 3.38. The summed E-state index contributed by atoms with van der Waals surface area (Å²) in [6.45, 7) is 7.00. The Morgan fingerprint density at radius 2 is 1.93 bits per heavy atom. The number of aromatic nitrogens is 3. The minimum absolute atomic E-state index is 0.0666. The van der Waals surface area contributed by atoms with Crippen molar-refractivity contribution in [2.45, 2.75) is 19.6 Å². The molecule has 41 heavy (non-hydrogen) atoms. The van der Waals surface area contributed by atoms with Gasteiger partial charge in [-0.15, -0.1) is 0 Å². The molecule has 1 saturated heterocycles. The van der Waals surface area contributed by atoms with E-state index in [0.717, 1.165) is 44.4 Å². The van der Waals surface area contributed by atoms with Crippen LogP contribution in [0.3, 0.4) is 0 Å². The number of anilines is 1. The lowest BCUT2D eigenvalue weighted by Gasteiger charge is -2.27. The first kappa shape index (κ1) is 28.3. The number of nitrogens with zero attached hydrogens (tertiary/aromatic N) is 4. The Bertz CT molecular complexity index is 1600. The molecule has 0 unspecified atom stereocenters. The maximum atomic E-state index is 13.9. The van der Waals surface area contributed by atoms with E-state index in [1.165, 1.54) is 12.1 Å². The van der Waals surface area contributed by atoms with Crippen LogP contribution in [0.25, 0.3) is 5.65 Å². The molecule has 11 heteroatoms. The van der Waals surface area contributed by atoms with Gasteiger partial charge in [0.15, 0.2) is 5.65 Å². The molecule has 1 amide bonds. The number of alkyl halides is 3. The predicted octanol–water partition coefficient (Wildman–Crippen LogP) is 3.70. The number of benzene rings is 2. The van der Waals surface area contributed by atoms with Crippen molar-refractivity contribution in [3.63, 3.8) is 0 Å². The molecule has 5 rings (SSSR count). The third-order valence-electron chi connectivity index (χ3n) is 6.91. The van der Waals surface area contributed by atoms with E-state index in [9.17, 15) is 18.0 Å². The quantitative estimate of drug-likeness (QED) is 0.236. The van der Waals surface area contributed by atoms with E-state index in [1.54, 1.807) is 41.2 Å². The zero-order valence-corrected chi connectivity index (χ0v) is 22.6. The van der Waals surface area contributed by atoms with Gasteiger partial charge in [0.2, 0.25) is 0 Å². The fourth-order valence-electron chi connectivity index (χ4n) is 4.61. The zero-order valence-electron chi connectivity index (χ0n) is 22.6. The first-order valence-corrected chi connectivity index (χ1v) is 13.3. The summed E-state index contributed by atoms with van der Waals surface area (Å²) < 4.78 is 43.3. The number of hydrogen-bond acceptors (Lipinski definition) is 6. The summed E-state index contributed by atoms with van der Waals surface area (Å²) >= 11 is 0. The summed E-state index contributed by atoms with van der Waals surface area (Å²) in [5.41, 5.74) is 2.42. The molecule has 1 aliphatic rings. The Morgan fingerprint density at radius 1 is 1.10 bits per heavy atom. The monoisotopic (exact) mass is 561 g/mol. The van der Waals surface area contributed by atoms with Crippen molar-refractivity contribution in [1.29, 1.82) is 0 Å². The summed E-state index contributed by atoms with van der Waals surface area (Å²) in [4.78, 5) is 19.5. The lowest BCUT2D eigenvalue weighted by molar-refractivity contribution is -0.138. The number of aryl methyl sites for hydroxylation is 1. The van der Waals surface area contributed by atoms with Crippen LogP contribution >= 0.6 is 0 Å². The lowest BCUT2D eigenvalue weighted by atomic mass is 10.0. The van der Waals surface area contributed by atoms with E-state index < -0.39 is 17.6 Å². The van der Waals surface area contributed by atoms with Gasteiger partial charge in [-0.25, -0.2) is 9.50 Å². The van der Waals surface area contributed by atoms with Crippen molar-refractivity contribution in [2.75, 3.05) is 44.6 Å². The molecule has 0 aliphatic carbocycles. The van der Waals surface area contributed by atoms with Crippen LogP contribution in [0.15, 0.2) is 60.9 Å². The molecule has 2 aromatic carbocycles. The first-order chi connectivity index (χ1) is 19.8. The third-order valence-corrected chi connectivity index (χ3v) is 6.91. The van der Waals surface area contributed by atoms with E-state index in [2.05, 4.69) is 42.8 Å². The SMILES string of the molecule is Cc1ccc(C(=O)Nc2ccc(CNCCN3CCNCC3)c(C(F)(F)F)c2)cc1C#Cc1cnc2cccnn12. The fourth-order valence-corrected chi connectivity index (χ4v) is 4.61. The van der Waals surface area contributed by atoms with Gasteiger partial charge in [-0.05, 0) is 60.4 Å². The number of piperazine rings is 1. The normalized spacial score (nSPS) is 14.0. The predicted molar refractivity (Wildman–Crippen MR) is 151 cm³/mol. The molecule has 4 aromatic rings. The van der Waals surface area contributed by atoms with Gasteiger partial charge >= 0.3 is 6.18 Å². The van der Waals surface area contributed by atoms with Crippen molar-refractivity contribution in [1.82, 2.24) is 30.1 Å². The van der Waals surface area contributed by atoms with Gasteiger partial charge in [-0.2, -0.15) is 18.3 Å². The van der Waals surface area contributed by atoms with Crippen LogP contribution in [0.4, 0.5) is 18.9 Å². The molecule has 8 nitrogen and oxygen atoms in total. The summed E-state index contributed by atoms with van der Waals surface area (Å²) in [6, 6.07) is 12.5. The Kier molecular flexibility index (Phi) is 8.64. The molecule has 3 heterocycles. The number of carbonyl (C=O) groups is 1. The standard InChI is InChI=1S/C30H30F3N7O/c1-21-4-5-23(17-22(21)7-9-26-20-36-28-3-2-10-37-40(26)28)29(41)38-25-8-6-24(27(18-25)30(31,32)33)19-35-13-16-39-14-11-34-12-15-39/h2-6,8,10,17-18,20,34-35H,11-16,19H2,1H3,(H,38,41). The molecule has 1 fully saturated rings. The molecular formula is C30H30F3N7O. The van der Waals surface area contributed by atoms with E-state index >= 15 is 0 Å². The maximum Gasteiger partial charge on any atom is 0.416 e. The minimum Gasteiger partial charge on any atom is -0.322 e. The lowest BCUT2D eigenvalue weighted by Crippen LogP contribution is -2.45. The molecule has 0 radical (unpaired) electrons. The third kappa shape index (κ3) is 7.10. The number of fused-ring (bicyclic) bond motifs is 1. The number of amides is 1. The summed E-state index contributed by atoms with van der Waals surface area (Å²) in [5, 5.41) is 13.2. The highest BCUT2D eigenvalue weighted by atomic mass is 19.4. The van der Waals surface area contributed by atoms with Crippen LogP contribution < -0.4 is 16.0 Å². The number of imidazole rings is 1. The smallest absolute Gasteiger partial charge is 0.322 e. The first-order valence-electron chi connectivity index (χ1n) is 13.3. The van der Waals surface area contributed by atoms with Gasteiger partial charge in [0.05, 0.1) is 11.8 Å². The highest BCUT2D eigenvalue weighted by molar-refractivity contribution is 6.04. The van der Waals surface area contributed by atoms with Crippen LogP contribution in [0.5, 0.6) is 0 Å². The Hall–Kier alpha value is -4.24. The van der Waals surface area contributed by atoms with Crippen LogP contribution in [0, 0.1) is 18.8 Å². The largest absolute Gasteiger partial charge is 0.416 e. The molecule has 0 atom stereocenters. The molecule has 3 N–H and O–H groups in total. The highest BCUT2D eigenvalue weighted by Crippen LogP contribution is 2.34. The van der Waals surface area contributed by atoms with E-state index in [4.69, 9.17) is 0 Å². The topological polar surface area (TPSA) is 86.6 Å². The molecule has 0 bridgehead atoms. The summed E-state index contributed by atoms with van der Waals surface area (Å²) in [5.74, 6) is 5.56. The van der Waals surface area contributed by atoms with Crippen LogP contribution in [0.1, 0.15) is 38.3 Å². The van der Waals surface area contributed by atoms with Crippen LogP contribution in [-0.4, -0.2) is 64.7 Å². The zero-order chi connectivity index (χ0) is 28.8. The number of halogens is 3. The number of carbonyl (C=O) groups excluding carboxylic acids is 1. The molecule has 1 aliphatic heterocycles. The molecule has 0 spiro atoms. The second-order valence-electron chi connectivity index (χ2n) is 9.81. The summed E-state index contributed by atoms with van der Waals surface area (Å²) in [6.07, 6.45) is -1.31. The molecule has 212 valence electrons. The van der Waals surface area contributed by atoms with Crippen molar-refractivity contribution in [2.24, 2.45) is 0 Å². The van der Waals surface area contributed by atoms with Gasteiger partial charge in [-0.1, -0.05) is 18.1 Å². The van der Waals surface area contributed by atoms with Gasteiger partial charge in [0.25, 0.3) is 5.91 Å². The van der Waals surface area contributed by atoms with Crippen molar-refractivity contribution in [3.8, 4) is 11.8 Å². The molecule has 0 saturated carbocycles. The molecular weight excluding hydrogens is 531 g/mol. The van der Waals surface area contributed by atoms with Gasteiger partial charge in [0.1, 0.15) is 5.69 Å².